The van der Waals surface area contributed by atoms with E-state index in [1.54, 1.807) is 59.0 Å². The van der Waals surface area contributed by atoms with Crippen molar-refractivity contribution in [3.63, 3.8) is 0 Å². The van der Waals surface area contributed by atoms with Crippen molar-refractivity contribution in [1.29, 1.82) is 0 Å². The molecule has 14 N–H and O–H groups in total. The van der Waals surface area contributed by atoms with E-state index in [2.05, 4.69) is 22.5 Å². The van der Waals surface area contributed by atoms with E-state index >= 15 is 0 Å². The number of carboxylic acid groups (broad SMARTS) is 1. The number of nitrogens with two attached hydrogens (primary N) is 1. The third-order valence-corrected chi connectivity index (χ3v) is 14.5. The number of esters is 2. The van der Waals surface area contributed by atoms with Crippen LogP contribution in [0.1, 0.15) is 138 Å². The van der Waals surface area contributed by atoms with Crippen LogP contribution in [-0.2, 0) is 28.6 Å². The Balaban J connectivity index is 2.40. The van der Waals surface area contributed by atoms with Gasteiger partial charge in [-0.2, -0.15) is 0 Å². The minimum Gasteiger partial charge on any atom is -0.481 e. The summed E-state index contributed by atoms with van der Waals surface area (Å²) in [6.45, 7) is 11.3. The number of aliphatic hydroxyl groups is 10. The molecule has 1 fully saturated rings. The number of cyclic esters (lactones) is 1. The van der Waals surface area contributed by atoms with Gasteiger partial charge in [0.05, 0.1) is 54.9 Å². The van der Waals surface area contributed by atoms with Crippen molar-refractivity contribution in [3.05, 3.63) is 60.3 Å². The molecule has 430 valence electrons. The number of carbonyl (C=O) groups is 3. The van der Waals surface area contributed by atoms with Gasteiger partial charge in [-0.1, -0.05) is 83.2 Å². The number of nitrogens with one attached hydrogen (secondary N) is 1. The molecule has 0 aromatic rings. The van der Waals surface area contributed by atoms with Crippen molar-refractivity contribution < 1.29 is 84.8 Å². The zero-order valence-corrected chi connectivity index (χ0v) is 45.2. The lowest BCUT2D eigenvalue weighted by molar-refractivity contribution is -0.333. The fraction of sp³-hybridized carbons (Fsp3) is 0.745. The van der Waals surface area contributed by atoms with E-state index in [4.69, 9.17) is 19.9 Å². The van der Waals surface area contributed by atoms with Crippen molar-refractivity contribution in [2.75, 3.05) is 13.6 Å². The molecule has 75 heavy (non-hydrogen) atoms. The summed E-state index contributed by atoms with van der Waals surface area (Å²) in [6.07, 6.45) is 2.20. The van der Waals surface area contributed by atoms with E-state index in [1.165, 1.54) is 12.2 Å². The average Bonchev–Trinajstić information content (AvgIpc) is 3.33. The fourth-order valence-electron chi connectivity index (χ4n) is 9.32. The highest BCUT2D eigenvalue weighted by Gasteiger charge is 2.50. The van der Waals surface area contributed by atoms with Crippen molar-refractivity contribution in [1.82, 2.24) is 5.32 Å². The molecule has 20 heteroatoms. The summed E-state index contributed by atoms with van der Waals surface area (Å²) in [5.41, 5.74) is 6.16. The van der Waals surface area contributed by atoms with E-state index < -0.39 is 128 Å². The topological polar surface area (TPSA) is 352 Å². The first kappa shape index (κ1) is 67.1. The first-order chi connectivity index (χ1) is 35.3. The smallest absolute Gasteiger partial charge is 0.331 e. The Labute approximate surface area is 443 Å². The largest absolute Gasteiger partial charge is 0.481 e. The summed E-state index contributed by atoms with van der Waals surface area (Å²) >= 11 is 0. The highest BCUT2D eigenvalue weighted by atomic mass is 16.7. The average molecular weight is 1070 g/mol. The number of aliphatic carboxylic acids is 1. The maximum Gasteiger partial charge on any atom is 0.331 e. The number of aliphatic imine (C=N–C) groups is 1. The number of hydrogen-bond donors (Lipinski definition) is 13. The van der Waals surface area contributed by atoms with Gasteiger partial charge < -0.3 is 81.4 Å². The minimum atomic E-state index is -2.52. The zero-order chi connectivity index (χ0) is 56.4. The minimum absolute atomic E-state index is 0.0591. The molecule has 2 aliphatic heterocycles. The summed E-state index contributed by atoms with van der Waals surface area (Å²) in [4.78, 5) is 41.1. The number of rotatable bonds is 12. The number of ether oxygens (including phenoxy) is 3. The lowest BCUT2D eigenvalue weighted by atomic mass is 9.84. The number of aliphatic hydroxyl groups excluding tert-OH is 9. The van der Waals surface area contributed by atoms with Crippen molar-refractivity contribution in [2.45, 2.75) is 217 Å². The van der Waals surface area contributed by atoms with Crippen LogP contribution < -0.4 is 11.1 Å². The molecule has 1 saturated heterocycles. The van der Waals surface area contributed by atoms with Crippen LogP contribution in [0, 0.1) is 29.6 Å². The Morgan fingerprint density at radius 2 is 1.48 bits per heavy atom. The van der Waals surface area contributed by atoms with Gasteiger partial charge in [0.15, 0.2) is 11.7 Å². The van der Waals surface area contributed by atoms with Crippen LogP contribution in [0.15, 0.2) is 65.2 Å². The second-order valence-corrected chi connectivity index (χ2v) is 21.1. The molecule has 0 aromatic carbocycles. The number of hydrogen-bond acceptors (Lipinski definition) is 17. The maximum absolute atomic E-state index is 13.3. The van der Waals surface area contributed by atoms with Crippen LogP contribution in [0.4, 0.5) is 0 Å². The molecule has 0 radical (unpaired) electrons. The van der Waals surface area contributed by atoms with Crippen LogP contribution in [0.25, 0.3) is 0 Å². The molecular weight excluding hydrogens is 975 g/mol. The summed E-state index contributed by atoms with van der Waals surface area (Å²) in [5, 5.41) is 123. The van der Waals surface area contributed by atoms with E-state index in [1.807, 2.05) is 19.9 Å². The normalized spacial score (nSPS) is 37.9. The number of carboxylic acids is 1. The van der Waals surface area contributed by atoms with Crippen molar-refractivity contribution in [2.24, 2.45) is 40.3 Å². The lowest BCUT2D eigenvalue weighted by Gasteiger charge is -2.45. The Kier molecular flexibility index (Phi) is 31.0. The molecule has 0 aromatic heterocycles. The second-order valence-electron chi connectivity index (χ2n) is 21.1. The molecule has 0 spiro atoms. The quantitative estimate of drug-likeness (QED) is 0.0334. The third kappa shape index (κ3) is 25.8. The number of unbranched alkanes of at least 4 members (excludes halogenated alkanes) is 2. The molecule has 2 bridgehead atoms. The number of carbonyl (C=O) groups excluding carboxylic acids is 2. The molecule has 0 amide bonds. The number of nitrogens with zero attached hydrogens (tertiary/aromatic N) is 1. The standard InChI is InChI=1S/C55H93N3O17/c1-33-17-13-14-21-50(69)74-52(36(4)18-12-10-8-9-11-15-24-58-54(56)57-7)37(5)20-16-19-34(2)44(62)27-40(60)25-39(59)26-41(73-51(70)31-49(67)68)28-42-29-47(65)53(71)55(72,75-42)32-48(66)35(3)22-23-43(61)38(6)46(64)30-45(33)63/h8-9,13-14,16-17,19-21,33,35-48,52-53,59-66,71-72H,10-12,15,18,22-32H2,1-7H3,(H,67,68)(H3,56,57,58)/b9-8+,17-13+,20-16+,21-14-,34-19+/t33-,35+,36+,37-,38+,39+,40-,41+,42-,43-,44+,45-,46+,47+,48-,52-,53-,55-/m1/s1. The monoisotopic (exact) mass is 1070 g/mol. The number of guanidine groups is 1. The first-order valence-corrected chi connectivity index (χ1v) is 26.7. The molecule has 0 unspecified atom stereocenters. The van der Waals surface area contributed by atoms with Gasteiger partial charge in [-0.05, 0) is 75.7 Å². The van der Waals surface area contributed by atoms with Gasteiger partial charge in [0, 0.05) is 75.9 Å². The van der Waals surface area contributed by atoms with Crippen molar-refractivity contribution >= 4 is 23.9 Å². The van der Waals surface area contributed by atoms with Gasteiger partial charge in [-0.3, -0.25) is 14.6 Å². The zero-order valence-electron chi connectivity index (χ0n) is 45.2. The van der Waals surface area contributed by atoms with E-state index in [-0.39, 0.29) is 63.2 Å². The summed E-state index contributed by atoms with van der Waals surface area (Å²) in [5.74, 6) is -7.44. The van der Waals surface area contributed by atoms with Crippen LogP contribution in [0.2, 0.25) is 0 Å². The predicted molar refractivity (Wildman–Crippen MR) is 282 cm³/mol. The molecule has 0 saturated carbocycles. The van der Waals surface area contributed by atoms with E-state index in [9.17, 15) is 70.6 Å². The highest BCUT2D eigenvalue weighted by molar-refractivity contribution is 5.90. The van der Waals surface area contributed by atoms with Crippen LogP contribution in [0.5, 0.6) is 0 Å². The van der Waals surface area contributed by atoms with E-state index in [0.717, 1.165) is 32.1 Å². The second kappa shape index (κ2) is 34.7. The maximum atomic E-state index is 13.3. The Hall–Kier alpha value is -4.06. The highest BCUT2D eigenvalue weighted by Crippen LogP contribution is 2.36. The summed E-state index contributed by atoms with van der Waals surface area (Å²) in [7, 11) is 1.62. The Bertz CT molecular complexity index is 1880. The fourth-order valence-corrected chi connectivity index (χ4v) is 9.32. The third-order valence-electron chi connectivity index (χ3n) is 14.5. The van der Waals surface area contributed by atoms with Crippen LogP contribution in [0.3, 0.4) is 0 Å². The van der Waals surface area contributed by atoms with Gasteiger partial charge in [0.2, 0.25) is 0 Å². The van der Waals surface area contributed by atoms with Crippen molar-refractivity contribution in [3.8, 4) is 0 Å². The molecular formula is C55H93N3O17. The molecule has 20 nitrogen and oxygen atoms in total. The molecule has 2 aliphatic rings. The summed E-state index contributed by atoms with van der Waals surface area (Å²) < 4.78 is 17.3. The molecule has 2 heterocycles. The number of fused-ring (bicyclic) bond motifs is 2. The SMILES string of the molecule is CN=C(N)NCCC/C=C/CCC[C@H](C)[C@H]1OC(=O)/C=C\C=C\[C@@H](C)[C@H](O)C[C@H](O)[C@@H](C)[C@H](O)CC[C@H](C)[C@H](O)C[C@@]2(O)O[C@H](C[C@@H](OC(=O)CC(=O)O)C[C@@H](O)C[C@@H](O)C[C@H](O)/C(C)=C/C=C/[C@H]1C)C[C@H](O)[C@H]2O. The van der Waals surface area contributed by atoms with Crippen LogP contribution in [-0.4, -0.2) is 173 Å². The Morgan fingerprint density at radius 1 is 0.827 bits per heavy atom. The van der Waals surface area contributed by atoms with Gasteiger partial charge in [0.1, 0.15) is 24.7 Å². The molecule has 2 rings (SSSR count). The van der Waals surface area contributed by atoms with Crippen LogP contribution >= 0.6 is 0 Å². The molecule has 18 atom stereocenters. The van der Waals surface area contributed by atoms with Gasteiger partial charge in [0.25, 0.3) is 0 Å². The predicted octanol–water partition coefficient (Wildman–Crippen LogP) is 2.98. The lowest BCUT2D eigenvalue weighted by Crippen LogP contribution is -2.60. The number of allylic oxidation sites excluding steroid dienone is 6. The van der Waals surface area contributed by atoms with Gasteiger partial charge in [-0.15, -0.1) is 0 Å². The first-order valence-electron chi connectivity index (χ1n) is 26.7. The van der Waals surface area contributed by atoms with Gasteiger partial charge in [-0.25, -0.2) is 4.79 Å². The summed E-state index contributed by atoms with van der Waals surface area (Å²) in [6, 6.07) is 0. The Morgan fingerprint density at radius 3 is 2.15 bits per heavy atom. The van der Waals surface area contributed by atoms with Gasteiger partial charge >= 0.3 is 17.9 Å². The molecule has 0 aliphatic carbocycles. The van der Waals surface area contributed by atoms with E-state index in [0.29, 0.717) is 18.1 Å².